The van der Waals surface area contributed by atoms with Gasteiger partial charge in [0.05, 0.1) is 36.8 Å². The quantitative estimate of drug-likeness (QED) is 0.528. The van der Waals surface area contributed by atoms with Crippen LogP contribution in [0.25, 0.3) is 0 Å². The lowest BCUT2D eigenvalue weighted by Crippen LogP contribution is -2.63. The van der Waals surface area contributed by atoms with E-state index in [1.165, 1.54) is 9.80 Å². The van der Waals surface area contributed by atoms with Crippen LogP contribution in [0.2, 0.25) is 0 Å². The number of amides is 4. The highest BCUT2D eigenvalue weighted by atomic mass is 16.2. The van der Waals surface area contributed by atoms with E-state index < -0.39 is 11.8 Å². The summed E-state index contributed by atoms with van der Waals surface area (Å²) in [6, 6.07) is 19.1. The molecule has 0 aromatic heterocycles. The number of carbonyl (C=O) groups is 4. The summed E-state index contributed by atoms with van der Waals surface area (Å²) in [5.74, 6) is -2.45. The van der Waals surface area contributed by atoms with E-state index in [4.69, 9.17) is 0 Å². The third-order valence-electron chi connectivity index (χ3n) is 8.89. The molecule has 6 aliphatic rings. The monoisotopic (exact) mass is 452 g/mol. The van der Waals surface area contributed by atoms with Crippen LogP contribution in [0.15, 0.2) is 72.8 Å². The number of fused-ring (bicyclic) bond motifs is 1. The number of allylic oxidation sites excluding steroid dienone is 2. The molecule has 4 aliphatic carbocycles. The van der Waals surface area contributed by atoms with Gasteiger partial charge >= 0.3 is 0 Å². The second-order valence-electron chi connectivity index (χ2n) is 10.3. The van der Waals surface area contributed by atoms with Crippen LogP contribution in [0.5, 0.6) is 0 Å². The molecule has 2 aromatic rings. The van der Waals surface area contributed by atoms with Crippen molar-refractivity contribution in [3.05, 3.63) is 83.9 Å². The summed E-state index contributed by atoms with van der Waals surface area (Å²) in [5.41, 5.74) is 1.85. The van der Waals surface area contributed by atoms with Crippen LogP contribution >= 0.6 is 0 Å². The van der Waals surface area contributed by atoms with Gasteiger partial charge < -0.3 is 0 Å². The van der Waals surface area contributed by atoms with Gasteiger partial charge in [-0.3, -0.25) is 29.0 Å². The normalized spacial score (nSPS) is 37.1. The molecule has 2 aliphatic heterocycles. The van der Waals surface area contributed by atoms with Crippen LogP contribution in [0, 0.1) is 47.3 Å². The molecule has 8 rings (SSSR count). The first-order valence-electron chi connectivity index (χ1n) is 12.0. The lowest BCUT2D eigenvalue weighted by atomic mass is 9.40. The zero-order valence-electron chi connectivity index (χ0n) is 18.5. The Kier molecular flexibility index (Phi) is 4.08. The van der Waals surface area contributed by atoms with Crippen molar-refractivity contribution in [1.82, 2.24) is 9.80 Å². The van der Waals surface area contributed by atoms with Crippen molar-refractivity contribution in [3.8, 4) is 0 Å². The summed E-state index contributed by atoms with van der Waals surface area (Å²) in [5, 5.41) is 0. The van der Waals surface area contributed by atoms with E-state index in [-0.39, 0.29) is 72.2 Å². The minimum absolute atomic E-state index is 0.0353. The van der Waals surface area contributed by atoms with Gasteiger partial charge in [0.2, 0.25) is 23.6 Å². The Morgan fingerprint density at radius 1 is 0.500 bits per heavy atom. The molecule has 2 bridgehead atoms. The van der Waals surface area contributed by atoms with E-state index in [1.54, 1.807) is 0 Å². The van der Waals surface area contributed by atoms with Gasteiger partial charge in [-0.1, -0.05) is 72.8 Å². The van der Waals surface area contributed by atoms with Crippen LogP contribution in [0.4, 0.5) is 0 Å². The minimum atomic E-state index is -0.417. The maximum Gasteiger partial charge on any atom is 0.234 e. The molecule has 0 N–H and O–H groups in total. The lowest BCUT2D eigenvalue weighted by Gasteiger charge is -2.60. The second kappa shape index (κ2) is 6.98. The summed E-state index contributed by atoms with van der Waals surface area (Å²) in [6.07, 6.45) is 4.11. The standard InChI is InChI=1S/C28H24N2O4/c31-25-21-17-11-12-18(22(21)26(32)29(25)13-15-7-3-1-4-8-15)20-19(17)23-24(20)28(34)30(27(23)33)14-16-9-5-2-6-10-16/h1-12,17-24H,13-14H2/t17-,18+,19-,20-,21+,22-,23-,24-/m0/s1. The lowest BCUT2D eigenvalue weighted by molar-refractivity contribution is -0.166. The summed E-state index contributed by atoms with van der Waals surface area (Å²) in [7, 11) is 0. The number of likely N-dealkylation sites (tertiary alicyclic amines) is 2. The Labute approximate surface area is 197 Å². The van der Waals surface area contributed by atoms with Gasteiger partial charge in [0.25, 0.3) is 0 Å². The molecule has 0 spiro atoms. The van der Waals surface area contributed by atoms with Crippen LogP contribution in [-0.2, 0) is 32.3 Å². The van der Waals surface area contributed by atoms with Crippen molar-refractivity contribution in [2.45, 2.75) is 13.1 Å². The summed E-state index contributed by atoms with van der Waals surface area (Å²) < 4.78 is 0. The molecule has 2 saturated carbocycles. The van der Waals surface area contributed by atoms with E-state index in [0.717, 1.165) is 11.1 Å². The molecular weight excluding hydrogens is 428 g/mol. The molecule has 6 nitrogen and oxygen atoms in total. The number of hydrogen-bond donors (Lipinski definition) is 0. The zero-order valence-corrected chi connectivity index (χ0v) is 18.5. The number of nitrogens with zero attached hydrogens (tertiary/aromatic N) is 2. The largest absolute Gasteiger partial charge is 0.278 e. The van der Waals surface area contributed by atoms with Crippen molar-refractivity contribution in [1.29, 1.82) is 0 Å². The highest BCUT2D eigenvalue weighted by Gasteiger charge is 2.74. The van der Waals surface area contributed by atoms with Gasteiger partial charge in [0.1, 0.15) is 0 Å². The molecule has 4 fully saturated rings. The van der Waals surface area contributed by atoms with E-state index in [1.807, 2.05) is 60.7 Å². The molecule has 8 atom stereocenters. The smallest absolute Gasteiger partial charge is 0.234 e. The first-order chi connectivity index (χ1) is 16.6. The molecular formula is C28H24N2O4. The van der Waals surface area contributed by atoms with E-state index >= 15 is 0 Å². The first kappa shape index (κ1) is 19.9. The molecule has 4 amide bonds. The number of hydrogen-bond acceptors (Lipinski definition) is 4. The number of benzene rings is 2. The molecule has 2 heterocycles. The molecule has 34 heavy (non-hydrogen) atoms. The Hall–Kier alpha value is -3.54. The van der Waals surface area contributed by atoms with E-state index in [2.05, 4.69) is 12.2 Å². The molecule has 2 saturated heterocycles. The fraction of sp³-hybridized carbons (Fsp3) is 0.357. The Bertz CT molecular complexity index is 1200. The SMILES string of the molecule is O=C1[C@@H]2[C@H]3C=C[C@@H]([C@@H]2C(=O)N1Cc1ccccc1)[C@@H]1[C@@H]2C(=O)N(Cc4ccccc4)C(=O)[C@H]2[C@@H]31. The summed E-state index contributed by atoms with van der Waals surface area (Å²) >= 11 is 0. The van der Waals surface area contributed by atoms with Crippen molar-refractivity contribution in [3.63, 3.8) is 0 Å². The van der Waals surface area contributed by atoms with Crippen LogP contribution in [0.3, 0.4) is 0 Å². The van der Waals surface area contributed by atoms with E-state index in [0.29, 0.717) is 0 Å². The van der Waals surface area contributed by atoms with Crippen LogP contribution < -0.4 is 0 Å². The highest BCUT2D eigenvalue weighted by molar-refractivity contribution is 6.09. The van der Waals surface area contributed by atoms with Crippen molar-refractivity contribution in [2.75, 3.05) is 0 Å². The van der Waals surface area contributed by atoms with Crippen LogP contribution in [-0.4, -0.2) is 33.4 Å². The average molecular weight is 453 g/mol. The molecule has 170 valence electrons. The maximum atomic E-state index is 13.5. The van der Waals surface area contributed by atoms with Gasteiger partial charge in [0, 0.05) is 0 Å². The predicted molar refractivity (Wildman–Crippen MR) is 121 cm³/mol. The number of imide groups is 2. The van der Waals surface area contributed by atoms with E-state index in [9.17, 15) is 19.2 Å². The molecule has 0 radical (unpaired) electrons. The van der Waals surface area contributed by atoms with Crippen molar-refractivity contribution < 1.29 is 19.2 Å². The predicted octanol–water partition coefficient (Wildman–Crippen LogP) is 2.65. The fourth-order valence-corrected chi connectivity index (χ4v) is 7.57. The van der Waals surface area contributed by atoms with Gasteiger partial charge in [-0.25, -0.2) is 0 Å². The first-order valence-corrected chi connectivity index (χ1v) is 12.0. The van der Waals surface area contributed by atoms with Crippen molar-refractivity contribution >= 4 is 23.6 Å². The highest BCUT2D eigenvalue weighted by Crippen LogP contribution is 2.68. The number of carbonyl (C=O) groups excluding carboxylic acids is 4. The summed E-state index contributed by atoms with van der Waals surface area (Å²) in [4.78, 5) is 56.5. The molecule has 2 aromatic carbocycles. The summed E-state index contributed by atoms with van der Waals surface area (Å²) in [6.45, 7) is 0.555. The molecule has 0 unspecified atom stereocenters. The topological polar surface area (TPSA) is 74.8 Å². The fourth-order valence-electron chi connectivity index (χ4n) is 7.57. The Balaban J connectivity index is 1.18. The van der Waals surface area contributed by atoms with Gasteiger partial charge in [-0.15, -0.1) is 0 Å². The second-order valence-corrected chi connectivity index (χ2v) is 10.3. The van der Waals surface area contributed by atoms with Crippen LogP contribution in [0.1, 0.15) is 11.1 Å². The van der Waals surface area contributed by atoms with Gasteiger partial charge in [-0.05, 0) is 34.8 Å². The third-order valence-corrected chi connectivity index (χ3v) is 8.89. The van der Waals surface area contributed by atoms with Gasteiger partial charge in [0.15, 0.2) is 0 Å². The minimum Gasteiger partial charge on any atom is -0.278 e. The number of rotatable bonds is 4. The maximum absolute atomic E-state index is 13.5. The third kappa shape index (κ3) is 2.46. The average Bonchev–Trinajstić information content (AvgIpc) is 3.21. The van der Waals surface area contributed by atoms with Gasteiger partial charge in [-0.2, -0.15) is 0 Å². The molecule has 6 heteroatoms. The zero-order chi connectivity index (χ0) is 23.1. The Morgan fingerprint density at radius 3 is 1.24 bits per heavy atom. The van der Waals surface area contributed by atoms with Crippen molar-refractivity contribution in [2.24, 2.45) is 47.3 Å². The Morgan fingerprint density at radius 2 is 0.853 bits per heavy atom.